The number of fused-ring (bicyclic) bond motifs is 1. The molecule has 0 saturated heterocycles. The first kappa shape index (κ1) is 14.2. The topological polar surface area (TPSA) is 75.1 Å². The highest BCUT2D eigenvalue weighted by atomic mass is 16.1. The van der Waals surface area contributed by atoms with Gasteiger partial charge in [0.05, 0.1) is 12.4 Å². The van der Waals surface area contributed by atoms with Crippen molar-refractivity contribution in [2.75, 3.05) is 0 Å². The van der Waals surface area contributed by atoms with Crippen LogP contribution < -0.4 is 5.32 Å². The van der Waals surface area contributed by atoms with Gasteiger partial charge in [-0.3, -0.25) is 14.3 Å². The first-order valence-electron chi connectivity index (χ1n) is 7.59. The number of imidazole rings is 1. The van der Waals surface area contributed by atoms with Gasteiger partial charge in [-0.1, -0.05) is 30.3 Å². The van der Waals surface area contributed by atoms with E-state index in [0.717, 1.165) is 22.3 Å². The zero-order valence-electron chi connectivity index (χ0n) is 12.8. The van der Waals surface area contributed by atoms with Crippen molar-refractivity contribution in [3.05, 3.63) is 78.5 Å². The number of pyridine rings is 1. The fourth-order valence-corrected chi connectivity index (χ4v) is 2.61. The third kappa shape index (κ3) is 2.65. The van der Waals surface area contributed by atoms with E-state index >= 15 is 0 Å². The quantitative estimate of drug-likeness (QED) is 0.607. The van der Waals surface area contributed by atoms with Crippen molar-refractivity contribution in [2.45, 2.75) is 6.54 Å². The molecule has 0 fully saturated rings. The second-order valence-electron chi connectivity index (χ2n) is 5.44. The minimum atomic E-state index is -0.151. The third-order valence-electron chi connectivity index (χ3n) is 3.87. The van der Waals surface area contributed by atoms with E-state index in [9.17, 15) is 4.79 Å². The standard InChI is InChI=1S/C18H15N5O/c24-18(20-9-13-4-2-1-3-5-13)16-12-19-17-8-14(6-7-23(16)17)15-10-21-22-11-15/h1-8,10-12H,9H2,(H,20,24)(H,21,22). The third-order valence-corrected chi connectivity index (χ3v) is 3.87. The van der Waals surface area contributed by atoms with Gasteiger partial charge in [-0.15, -0.1) is 0 Å². The van der Waals surface area contributed by atoms with Crippen molar-refractivity contribution < 1.29 is 4.79 Å². The molecule has 1 amide bonds. The average Bonchev–Trinajstić information content (AvgIpc) is 3.29. The van der Waals surface area contributed by atoms with Gasteiger partial charge in [0.2, 0.25) is 0 Å². The SMILES string of the molecule is O=C(NCc1ccccc1)c1cnc2cc(-c3cn[nH]c3)ccn12. The summed E-state index contributed by atoms with van der Waals surface area (Å²) >= 11 is 0. The molecule has 0 spiro atoms. The fourth-order valence-electron chi connectivity index (χ4n) is 2.61. The van der Waals surface area contributed by atoms with Crippen molar-refractivity contribution in [1.82, 2.24) is 24.9 Å². The van der Waals surface area contributed by atoms with Crippen molar-refractivity contribution in [3.63, 3.8) is 0 Å². The first-order chi connectivity index (χ1) is 11.8. The monoisotopic (exact) mass is 317 g/mol. The Morgan fingerprint density at radius 1 is 1.12 bits per heavy atom. The van der Waals surface area contributed by atoms with Gasteiger partial charge in [0.15, 0.2) is 0 Å². The number of aromatic nitrogens is 4. The van der Waals surface area contributed by atoms with E-state index in [-0.39, 0.29) is 5.91 Å². The van der Waals surface area contributed by atoms with Crippen LogP contribution in [-0.4, -0.2) is 25.5 Å². The zero-order valence-corrected chi connectivity index (χ0v) is 12.8. The van der Waals surface area contributed by atoms with Crippen LogP contribution in [0.1, 0.15) is 16.1 Å². The van der Waals surface area contributed by atoms with Gasteiger partial charge in [-0.2, -0.15) is 5.10 Å². The molecule has 6 heteroatoms. The van der Waals surface area contributed by atoms with E-state index in [2.05, 4.69) is 20.5 Å². The Bertz CT molecular complexity index is 973. The number of rotatable bonds is 4. The number of H-pyrrole nitrogens is 1. The summed E-state index contributed by atoms with van der Waals surface area (Å²) in [6.45, 7) is 0.486. The summed E-state index contributed by atoms with van der Waals surface area (Å²) in [7, 11) is 0. The lowest BCUT2D eigenvalue weighted by Crippen LogP contribution is -2.24. The molecule has 118 valence electrons. The Hall–Kier alpha value is -3.41. The largest absolute Gasteiger partial charge is 0.347 e. The number of benzene rings is 1. The molecule has 0 aliphatic rings. The summed E-state index contributed by atoms with van der Waals surface area (Å²) in [5.74, 6) is -0.151. The number of carbonyl (C=O) groups excluding carboxylic acids is 1. The van der Waals surface area contributed by atoms with Gasteiger partial charge in [-0.05, 0) is 23.3 Å². The van der Waals surface area contributed by atoms with Crippen LogP contribution in [0, 0.1) is 0 Å². The lowest BCUT2D eigenvalue weighted by Gasteiger charge is -2.06. The minimum Gasteiger partial charge on any atom is -0.347 e. The molecule has 0 unspecified atom stereocenters. The van der Waals surface area contributed by atoms with Gasteiger partial charge in [0.25, 0.3) is 5.91 Å². The number of hydrogen-bond donors (Lipinski definition) is 2. The van der Waals surface area contributed by atoms with Gasteiger partial charge in [0.1, 0.15) is 11.3 Å². The molecule has 4 rings (SSSR count). The molecule has 0 atom stereocenters. The fraction of sp³-hybridized carbons (Fsp3) is 0.0556. The summed E-state index contributed by atoms with van der Waals surface area (Å²) in [6.07, 6.45) is 7.02. The molecule has 4 aromatic rings. The Labute approximate surface area is 138 Å². The Kier molecular flexibility index (Phi) is 3.55. The van der Waals surface area contributed by atoms with E-state index in [1.165, 1.54) is 0 Å². The summed E-state index contributed by atoms with van der Waals surface area (Å²) in [5, 5.41) is 9.66. The summed E-state index contributed by atoms with van der Waals surface area (Å²) < 4.78 is 1.78. The lowest BCUT2D eigenvalue weighted by atomic mass is 10.1. The first-order valence-corrected chi connectivity index (χ1v) is 7.59. The number of carbonyl (C=O) groups is 1. The number of nitrogens with zero attached hydrogens (tertiary/aromatic N) is 3. The summed E-state index contributed by atoms with van der Waals surface area (Å²) in [5.41, 5.74) is 4.27. The maximum atomic E-state index is 12.4. The molecule has 2 N–H and O–H groups in total. The van der Waals surface area contributed by atoms with Gasteiger partial charge < -0.3 is 5.32 Å². The van der Waals surface area contributed by atoms with Crippen molar-refractivity contribution in [1.29, 1.82) is 0 Å². The Morgan fingerprint density at radius 2 is 2.00 bits per heavy atom. The Morgan fingerprint density at radius 3 is 2.79 bits per heavy atom. The highest BCUT2D eigenvalue weighted by Gasteiger charge is 2.12. The number of nitrogens with one attached hydrogen (secondary N) is 2. The summed E-state index contributed by atoms with van der Waals surface area (Å²) in [4.78, 5) is 16.8. The van der Waals surface area contributed by atoms with Crippen LogP contribution in [0.2, 0.25) is 0 Å². The van der Waals surface area contributed by atoms with Crippen LogP contribution in [0.5, 0.6) is 0 Å². The minimum absolute atomic E-state index is 0.151. The van der Waals surface area contributed by atoms with Crippen LogP contribution in [-0.2, 0) is 6.54 Å². The van der Waals surface area contributed by atoms with Crippen LogP contribution in [0.4, 0.5) is 0 Å². The smallest absolute Gasteiger partial charge is 0.270 e. The normalized spacial score (nSPS) is 10.8. The highest BCUT2D eigenvalue weighted by molar-refractivity contribution is 5.93. The van der Waals surface area contributed by atoms with Crippen LogP contribution in [0.15, 0.2) is 67.3 Å². The Balaban J connectivity index is 1.57. The second-order valence-corrected chi connectivity index (χ2v) is 5.44. The number of amides is 1. The maximum Gasteiger partial charge on any atom is 0.270 e. The molecule has 0 aliphatic carbocycles. The average molecular weight is 317 g/mol. The molecule has 0 radical (unpaired) electrons. The van der Waals surface area contributed by atoms with E-state index in [1.807, 2.05) is 54.9 Å². The van der Waals surface area contributed by atoms with Crippen molar-refractivity contribution in [3.8, 4) is 11.1 Å². The van der Waals surface area contributed by atoms with E-state index < -0.39 is 0 Å². The van der Waals surface area contributed by atoms with E-state index in [0.29, 0.717) is 12.2 Å². The van der Waals surface area contributed by atoms with Gasteiger partial charge >= 0.3 is 0 Å². The van der Waals surface area contributed by atoms with Crippen LogP contribution >= 0.6 is 0 Å². The van der Waals surface area contributed by atoms with E-state index in [1.54, 1.807) is 16.8 Å². The predicted octanol–water partition coefficient (Wildman–Crippen LogP) is 2.65. The molecule has 0 aliphatic heterocycles. The molecular formula is C18H15N5O. The second kappa shape index (κ2) is 6.00. The van der Waals surface area contributed by atoms with Crippen LogP contribution in [0.3, 0.4) is 0 Å². The molecule has 6 nitrogen and oxygen atoms in total. The molecule has 3 aromatic heterocycles. The molecule has 24 heavy (non-hydrogen) atoms. The molecule has 0 bridgehead atoms. The lowest BCUT2D eigenvalue weighted by molar-refractivity contribution is 0.0945. The van der Waals surface area contributed by atoms with Gasteiger partial charge in [0, 0.05) is 24.5 Å². The van der Waals surface area contributed by atoms with Crippen LogP contribution in [0.25, 0.3) is 16.8 Å². The van der Waals surface area contributed by atoms with E-state index in [4.69, 9.17) is 0 Å². The highest BCUT2D eigenvalue weighted by Crippen LogP contribution is 2.19. The maximum absolute atomic E-state index is 12.4. The molecule has 3 heterocycles. The predicted molar refractivity (Wildman–Crippen MR) is 90.4 cm³/mol. The molecular weight excluding hydrogens is 302 g/mol. The zero-order chi connectivity index (χ0) is 16.4. The number of aromatic amines is 1. The molecule has 0 saturated carbocycles. The van der Waals surface area contributed by atoms with Crippen molar-refractivity contribution >= 4 is 11.6 Å². The molecule has 1 aromatic carbocycles. The van der Waals surface area contributed by atoms with Gasteiger partial charge in [-0.25, -0.2) is 4.98 Å². The van der Waals surface area contributed by atoms with Crippen molar-refractivity contribution in [2.24, 2.45) is 0 Å². The number of hydrogen-bond acceptors (Lipinski definition) is 3. The summed E-state index contributed by atoms with van der Waals surface area (Å²) in [6, 6.07) is 13.7.